The quantitative estimate of drug-likeness (QED) is 0.804. The van der Waals surface area contributed by atoms with Crippen molar-refractivity contribution >= 4 is 17.5 Å². The van der Waals surface area contributed by atoms with Crippen molar-refractivity contribution in [3.63, 3.8) is 0 Å². The molecule has 1 aromatic heterocycles. The van der Waals surface area contributed by atoms with Gasteiger partial charge in [-0.2, -0.15) is 0 Å². The molecule has 1 amide bonds. The molecule has 0 radical (unpaired) electrons. The SMILES string of the molecule is CCc1cc(=O)n(CC(=O)N2CCCc3ccccc32)c(N2CCOCC2)n1. The van der Waals surface area contributed by atoms with E-state index in [2.05, 4.69) is 11.1 Å². The molecule has 1 aromatic carbocycles. The zero-order valence-electron chi connectivity index (χ0n) is 16.3. The minimum atomic E-state index is -0.174. The van der Waals surface area contributed by atoms with Crippen molar-refractivity contribution in [3.05, 3.63) is 51.9 Å². The van der Waals surface area contributed by atoms with E-state index in [1.54, 1.807) is 6.07 Å². The van der Waals surface area contributed by atoms with Gasteiger partial charge >= 0.3 is 0 Å². The summed E-state index contributed by atoms with van der Waals surface area (Å²) in [7, 11) is 0. The van der Waals surface area contributed by atoms with Gasteiger partial charge in [0.1, 0.15) is 6.54 Å². The first kappa shape index (κ1) is 18.7. The molecular formula is C21H26N4O3. The van der Waals surface area contributed by atoms with Crippen LogP contribution in [0.25, 0.3) is 0 Å². The van der Waals surface area contributed by atoms with E-state index >= 15 is 0 Å². The van der Waals surface area contributed by atoms with Crippen LogP contribution in [0.15, 0.2) is 35.1 Å². The third kappa shape index (κ3) is 3.67. The Labute approximate surface area is 164 Å². The molecular weight excluding hydrogens is 356 g/mol. The average Bonchev–Trinajstić information content (AvgIpc) is 2.75. The summed E-state index contributed by atoms with van der Waals surface area (Å²) >= 11 is 0. The second-order valence-electron chi connectivity index (χ2n) is 7.20. The Bertz CT molecular complexity index is 918. The molecule has 2 aliphatic rings. The van der Waals surface area contributed by atoms with E-state index < -0.39 is 0 Å². The Balaban J connectivity index is 1.66. The molecule has 1 fully saturated rings. The zero-order valence-corrected chi connectivity index (χ0v) is 16.3. The van der Waals surface area contributed by atoms with Crippen molar-refractivity contribution in [2.24, 2.45) is 0 Å². The number of para-hydroxylation sites is 1. The number of hydrogen-bond acceptors (Lipinski definition) is 5. The third-order valence-electron chi connectivity index (χ3n) is 5.40. The van der Waals surface area contributed by atoms with Gasteiger partial charge in [0.2, 0.25) is 11.9 Å². The molecule has 0 bridgehead atoms. The Hall–Kier alpha value is -2.67. The first-order chi connectivity index (χ1) is 13.7. The number of anilines is 2. The van der Waals surface area contributed by atoms with Gasteiger partial charge in [0.25, 0.3) is 5.56 Å². The summed E-state index contributed by atoms with van der Waals surface area (Å²) < 4.78 is 6.95. The number of fused-ring (bicyclic) bond motifs is 1. The maximum absolute atomic E-state index is 13.2. The summed E-state index contributed by atoms with van der Waals surface area (Å²) in [6, 6.07) is 9.55. The summed E-state index contributed by atoms with van der Waals surface area (Å²) in [5.41, 5.74) is 2.71. The van der Waals surface area contributed by atoms with Crippen molar-refractivity contribution in [2.45, 2.75) is 32.7 Å². The lowest BCUT2D eigenvalue weighted by Crippen LogP contribution is -2.44. The maximum atomic E-state index is 13.2. The Morgan fingerprint density at radius 3 is 2.75 bits per heavy atom. The van der Waals surface area contributed by atoms with Crippen molar-refractivity contribution in [3.8, 4) is 0 Å². The number of benzene rings is 1. The summed E-state index contributed by atoms with van der Waals surface area (Å²) in [5.74, 6) is 0.501. The molecule has 0 atom stereocenters. The number of aromatic nitrogens is 2. The zero-order chi connectivity index (χ0) is 19.5. The third-order valence-corrected chi connectivity index (χ3v) is 5.40. The minimum Gasteiger partial charge on any atom is -0.378 e. The number of morpholine rings is 1. The fourth-order valence-electron chi connectivity index (χ4n) is 3.89. The average molecular weight is 382 g/mol. The molecule has 7 nitrogen and oxygen atoms in total. The molecule has 2 aliphatic heterocycles. The molecule has 0 N–H and O–H groups in total. The second kappa shape index (κ2) is 8.14. The van der Waals surface area contributed by atoms with Crippen LogP contribution in [0.2, 0.25) is 0 Å². The van der Waals surface area contributed by atoms with Crippen LogP contribution in [-0.2, 0) is 28.9 Å². The highest BCUT2D eigenvalue weighted by molar-refractivity contribution is 5.94. The lowest BCUT2D eigenvalue weighted by Gasteiger charge is -2.32. The van der Waals surface area contributed by atoms with Crippen LogP contribution in [-0.4, -0.2) is 48.3 Å². The fourth-order valence-corrected chi connectivity index (χ4v) is 3.89. The van der Waals surface area contributed by atoms with E-state index in [4.69, 9.17) is 4.74 Å². The predicted molar refractivity (Wildman–Crippen MR) is 108 cm³/mol. The molecule has 0 saturated carbocycles. The number of hydrogen-bond donors (Lipinski definition) is 0. The molecule has 0 spiro atoms. The minimum absolute atomic E-state index is 0.00312. The van der Waals surface area contributed by atoms with E-state index in [0.29, 0.717) is 45.2 Å². The van der Waals surface area contributed by atoms with Crippen molar-refractivity contribution in [1.29, 1.82) is 0 Å². The van der Waals surface area contributed by atoms with Gasteiger partial charge in [0.05, 0.1) is 13.2 Å². The van der Waals surface area contributed by atoms with Gasteiger partial charge in [0.15, 0.2) is 0 Å². The van der Waals surface area contributed by atoms with Gasteiger partial charge in [-0.15, -0.1) is 0 Å². The molecule has 0 aliphatic carbocycles. The summed E-state index contributed by atoms with van der Waals surface area (Å²) in [4.78, 5) is 34.5. The van der Waals surface area contributed by atoms with Crippen LogP contribution in [0, 0.1) is 0 Å². The summed E-state index contributed by atoms with van der Waals surface area (Å²) in [5, 5.41) is 0. The van der Waals surface area contributed by atoms with Crippen LogP contribution in [0.3, 0.4) is 0 Å². The van der Waals surface area contributed by atoms with Crippen LogP contribution in [0.5, 0.6) is 0 Å². The molecule has 2 aromatic rings. The maximum Gasteiger partial charge on any atom is 0.255 e. The Kier molecular flexibility index (Phi) is 5.43. The molecule has 7 heteroatoms. The Morgan fingerprint density at radius 1 is 1.18 bits per heavy atom. The number of nitrogens with zero attached hydrogens (tertiary/aromatic N) is 4. The monoisotopic (exact) mass is 382 g/mol. The molecule has 4 rings (SSSR count). The summed E-state index contributed by atoms with van der Waals surface area (Å²) in [6.07, 6.45) is 2.59. The van der Waals surface area contributed by atoms with Gasteiger partial charge in [0, 0.05) is 37.1 Å². The van der Waals surface area contributed by atoms with Crippen LogP contribution in [0.1, 0.15) is 24.6 Å². The van der Waals surface area contributed by atoms with Crippen molar-refractivity contribution < 1.29 is 9.53 Å². The number of carbonyl (C=O) groups is 1. The van der Waals surface area contributed by atoms with Gasteiger partial charge in [-0.25, -0.2) is 4.98 Å². The number of ether oxygens (including phenoxy) is 1. The highest BCUT2D eigenvalue weighted by Gasteiger charge is 2.25. The van der Waals surface area contributed by atoms with E-state index in [1.807, 2.05) is 34.9 Å². The molecule has 3 heterocycles. The molecule has 28 heavy (non-hydrogen) atoms. The van der Waals surface area contributed by atoms with E-state index in [1.165, 1.54) is 10.1 Å². The normalized spacial score (nSPS) is 16.8. The largest absolute Gasteiger partial charge is 0.378 e. The number of carbonyl (C=O) groups excluding carboxylic acids is 1. The predicted octanol–water partition coefficient (Wildman–Crippen LogP) is 1.62. The fraction of sp³-hybridized carbons (Fsp3) is 0.476. The van der Waals surface area contributed by atoms with Gasteiger partial charge in [-0.3, -0.25) is 14.2 Å². The van der Waals surface area contributed by atoms with Crippen LogP contribution < -0.4 is 15.4 Å². The number of aryl methyl sites for hydroxylation is 2. The first-order valence-electron chi connectivity index (χ1n) is 9.99. The first-order valence-corrected chi connectivity index (χ1v) is 9.99. The smallest absolute Gasteiger partial charge is 0.255 e. The highest BCUT2D eigenvalue weighted by Crippen LogP contribution is 2.27. The van der Waals surface area contributed by atoms with E-state index in [-0.39, 0.29) is 18.0 Å². The van der Waals surface area contributed by atoms with Gasteiger partial charge < -0.3 is 14.5 Å². The van der Waals surface area contributed by atoms with E-state index in [0.717, 1.165) is 24.2 Å². The Morgan fingerprint density at radius 2 is 1.96 bits per heavy atom. The molecule has 0 unspecified atom stereocenters. The van der Waals surface area contributed by atoms with E-state index in [9.17, 15) is 9.59 Å². The van der Waals surface area contributed by atoms with Gasteiger partial charge in [-0.05, 0) is 30.9 Å². The standard InChI is InChI=1S/C21H26N4O3/c1-2-17-14-19(26)25(21(22-17)23-10-12-28-13-11-23)15-20(27)24-9-5-7-16-6-3-4-8-18(16)24/h3-4,6,8,14H,2,5,7,9-13,15H2,1H3. The van der Waals surface area contributed by atoms with Crippen LogP contribution in [0.4, 0.5) is 11.6 Å². The lowest BCUT2D eigenvalue weighted by molar-refractivity contribution is -0.119. The molecule has 148 valence electrons. The number of amides is 1. The highest BCUT2D eigenvalue weighted by atomic mass is 16.5. The second-order valence-corrected chi connectivity index (χ2v) is 7.20. The van der Waals surface area contributed by atoms with Gasteiger partial charge in [-0.1, -0.05) is 25.1 Å². The van der Waals surface area contributed by atoms with Crippen molar-refractivity contribution in [2.75, 3.05) is 42.6 Å². The number of rotatable bonds is 4. The molecule has 1 saturated heterocycles. The summed E-state index contributed by atoms with van der Waals surface area (Å²) in [6.45, 7) is 5.18. The van der Waals surface area contributed by atoms with Crippen molar-refractivity contribution in [1.82, 2.24) is 9.55 Å². The lowest BCUT2D eigenvalue weighted by atomic mass is 10.0. The topological polar surface area (TPSA) is 67.7 Å². The van der Waals surface area contributed by atoms with Crippen LogP contribution >= 0.6 is 0 Å².